The molecule has 0 atom stereocenters. The van der Waals surface area contributed by atoms with Crippen molar-refractivity contribution in [2.45, 2.75) is 0 Å². The zero-order valence-corrected chi connectivity index (χ0v) is 58.0. The van der Waals surface area contributed by atoms with Gasteiger partial charge in [0, 0.05) is 0 Å². The van der Waals surface area contributed by atoms with E-state index in [2.05, 4.69) is 388 Å². The van der Waals surface area contributed by atoms with Gasteiger partial charge in [-0.05, 0) is 263 Å². The first-order chi connectivity index (χ1) is 52.7. The first kappa shape index (κ1) is 59.9. The summed E-state index contributed by atoms with van der Waals surface area (Å²) in [7, 11) is 0. The van der Waals surface area contributed by atoms with Crippen molar-refractivity contribution in [3.05, 3.63) is 388 Å². The van der Waals surface area contributed by atoms with E-state index in [1.165, 1.54) is 216 Å². The minimum absolute atomic E-state index is 1.16. The normalized spacial score (nSPS) is 12.0. The highest BCUT2D eigenvalue weighted by Crippen LogP contribution is 2.64. The summed E-state index contributed by atoms with van der Waals surface area (Å²) < 4.78 is 0. The lowest BCUT2D eigenvalue weighted by Crippen LogP contribution is -1.99. The largest absolute Gasteiger partial charge is 0.0622 e. The molecule has 0 radical (unpaired) electrons. The van der Waals surface area contributed by atoms with Crippen LogP contribution in [0.5, 0.6) is 0 Å². The topological polar surface area (TPSA) is 0 Å². The monoisotopic (exact) mass is 1340 g/mol. The molecule has 0 bridgehead atoms. The SMILES string of the molecule is c1ccc(-c2ccc(-c3ccccc3)c3c2-c2cccc4cc(-c5cc(-c6ccc7c8c(cccc68)-c6c(-c8ccccc8)c(-c8ccccc8)c(-c8ccccc8)c(-c8ccccc8)c6-7)cc(-c6ccc7c8c(cccc68)-c6c-7c(-c7ccccc7)c7ccccc7c6-c6ccccc6)c5)cc-3c24)cc1. The fraction of sp³-hybridized carbons (Fsp3) is 0. The highest BCUT2D eigenvalue weighted by molar-refractivity contribution is 6.31. The second-order valence-electron chi connectivity index (χ2n) is 28.6. The molecule has 0 N–H and O–H groups in total. The van der Waals surface area contributed by atoms with Crippen molar-refractivity contribution in [1.82, 2.24) is 0 Å². The minimum Gasteiger partial charge on any atom is -0.0622 e. The van der Waals surface area contributed by atoms with Gasteiger partial charge in [0.2, 0.25) is 0 Å². The number of hydrogen-bond acceptors (Lipinski definition) is 0. The summed E-state index contributed by atoms with van der Waals surface area (Å²) in [6, 6.07) is 146. The second kappa shape index (κ2) is 23.9. The molecular weight excluding hydrogens is 1270 g/mol. The van der Waals surface area contributed by atoms with Crippen LogP contribution in [0.15, 0.2) is 388 Å². The van der Waals surface area contributed by atoms with Crippen molar-refractivity contribution in [3.63, 3.8) is 0 Å². The Kier molecular flexibility index (Phi) is 13.5. The third-order valence-corrected chi connectivity index (χ3v) is 23.0. The molecular formula is C106H64. The van der Waals surface area contributed by atoms with Gasteiger partial charge in [-0.1, -0.05) is 358 Å². The molecule has 0 amide bonds. The Balaban J connectivity index is 0.828. The number of benzene rings is 19. The average molecular weight is 1340 g/mol. The fourth-order valence-electron chi connectivity index (χ4n) is 18.8. The van der Waals surface area contributed by atoms with Crippen LogP contribution in [0.1, 0.15) is 0 Å². The van der Waals surface area contributed by atoms with Gasteiger partial charge >= 0.3 is 0 Å². The van der Waals surface area contributed by atoms with Crippen LogP contribution in [0, 0.1) is 0 Å². The smallest absolute Gasteiger partial charge is 0.000718 e. The highest BCUT2D eigenvalue weighted by Gasteiger charge is 2.37. The van der Waals surface area contributed by atoms with Crippen LogP contribution < -0.4 is 0 Å². The summed E-state index contributed by atoms with van der Waals surface area (Å²) in [5, 5.41) is 10.0. The second-order valence-corrected chi connectivity index (χ2v) is 28.6. The van der Waals surface area contributed by atoms with Crippen molar-refractivity contribution in [1.29, 1.82) is 0 Å². The Morgan fingerprint density at radius 2 is 0.368 bits per heavy atom. The maximum atomic E-state index is 2.53. The van der Waals surface area contributed by atoms with E-state index in [1.54, 1.807) is 0 Å². The van der Waals surface area contributed by atoms with Crippen molar-refractivity contribution < 1.29 is 0 Å². The Bertz CT molecular complexity index is 6630. The number of hydrogen-bond donors (Lipinski definition) is 0. The zero-order chi connectivity index (χ0) is 69.5. The molecule has 19 aromatic carbocycles. The number of fused-ring (bicyclic) bond motifs is 10. The molecule has 0 spiro atoms. The van der Waals surface area contributed by atoms with Gasteiger partial charge in [0.05, 0.1) is 0 Å². The van der Waals surface area contributed by atoms with Gasteiger partial charge in [-0.3, -0.25) is 0 Å². The van der Waals surface area contributed by atoms with Crippen molar-refractivity contribution in [2.75, 3.05) is 0 Å². The molecule has 3 aliphatic carbocycles. The third kappa shape index (κ3) is 9.02. The van der Waals surface area contributed by atoms with Gasteiger partial charge in [-0.15, -0.1) is 0 Å². The summed E-state index contributed by atoms with van der Waals surface area (Å²) in [4.78, 5) is 0. The van der Waals surface area contributed by atoms with Gasteiger partial charge in [0.25, 0.3) is 0 Å². The number of rotatable bonds is 11. The summed E-state index contributed by atoms with van der Waals surface area (Å²) >= 11 is 0. The van der Waals surface area contributed by atoms with Crippen LogP contribution in [0.25, 0.3) is 232 Å². The van der Waals surface area contributed by atoms with Crippen LogP contribution in [-0.2, 0) is 0 Å². The van der Waals surface area contributed by atoms with E-state index < -0.39 is 0 Å². The van der Waals surface area contributed by atoms with Crippen molar-refractivity contribution in [2.24, 2.45) is 0 Å². The lowest BCUT2D eigenvalue weighted by Gasteiger charge is -2.26. The average Bonchev–Trinajstić information content (AvgIpc) is 1.53. The minimum atomic E-state index is 1.16. The van der Waals surface area contributed by atoms with Crippen LogP contribution in [0.2, 0.25) is 0 Å². The van der Waals surface area contributed by atoms with E-state index in [9.17, 15) is 0 Å². The van der Waals surface area contributed by atoms with Gasteiger partial charge < -0.3 is 0 Å². The first-order valence-electron chi connectivity index (χ1n) is 37.0. The van der Waals surface area contributed by atoms with E-state index in [-0.39, 0.29) is 0 Å². The van der Waals surface area contributed by atoms with Crippen LogP contribution in [0.4, 0.5) is 0 Å². The van der Waals surface area contributed by atoms with Gasteiger partial charge in [-0.25, -0.2) is 0 Å². The molecule has 3 aliphatic rings. The maximum absolute atomic E-state index is 2.53. The standard InChI is InChI=1S/C106H64/c1-9-30-65(31-10-1)80-56-57-81(66-32-11-2-12-33-66)102-91-64-75(60-73-46-27-51-86(92(73)91)101(80)102)74-61-76(78-54-58-89-99-82(78)49-28-52-87(99)103-93(67-34-13-3-14-35-67)84-47-25-26-48-85(84)94(104(89)103)68-36-15-4-16-37-68)63-77(62-74)79-55-59-90-100-83(79)50-29-53-88(100)105-97(71-42-21-7-22-43-71)95(69-38-17-5-18-39-69)96(70-40-19-6-20-41-70)98(106(90)105)72-44-23-8-24-45-72/h1-64H. The Morgan fingerprint density at radius 1 is 0.104 bits per heavy atom. The fourth-order valence-corrected chi connectivity index (χ4v) is 18.8. The molecule has 0 saturated heterocycles. The summed E-state index contributed by atoms with van der Waals surface area (Å²) in [5.74, 6) is 0. The van der Waals surface area contributed by atoms with Gasteiger partial charge in [-0.2, -0.15) is 0 Å². The lowest BCUT2D eigenvalue weighted by molar-refractivity contribution is 1.54. The Morgan fingerprint density at radius 3 is 0.764 bits per heavy atom. The first-order valence-corrected chi connectivity index (χ1v) is 37.0. The molecule has 0 aromatic heterocycles. The van der Waals surface area contributed by atoms with Crippen molar-refractivity contribution >= 4 is 43.1 Å². The van der Waals surface area contributed by atoms with Crippen LogP contribution in [-0.4, -0.2) is 0 Å². The predicted molar refractivity (Wildman–Crippen MR) is 450 cm³/mol. The quantitative estimate of drug-likeness (QED) is 0.121. The Labute approximate surface area is 616 Å². The third-order valence-electron chi connectivity index (χ3n) is 23.0. The van der Waals surface area contributed by atoms with Crippen LogP contribution in [0.3, 0.4) is 0 Å². The molecule has 0 heterocycles. The van der Waals surface area contributed by atoms with Gasteiger partial charge in [0.1, 0.15) is 0 Å². The van der Waals surface area contributed by atoms with E-state index in [4.69, 9.17) is 0 Å². The molecule has 22 rings (SSSR count). The molecule has 488 valence electrons. The highest BCUT2D eigenvalue weighted by atomic mass is 14.4. The molecule has 0 fully saturated rings. The van der Waals surface area contributed by atoms with Crippen LogP contribution >= 0.6 is 0 Å². The predicted octanol–water partition coefficient (Wildman–Crippen LogP) is 29.6. The molecule has 0 heteroatoms. The molecule has 19 aromatic rings. The van der Waals surface area contributed by atoms with E-state index in [1.807, 2.05) is 0 Å². The maximum Gasteiger partial charge on any atom is -0.000718 e. The molecule has 0 nitrogen and oxygen atoms in total. The zero-order valence-electron chi connectivity index (χ0n) is 58.0. The van der Waals surface area contributed by atoms with Crippen molar-refractivity contribution in [3.8, 4) is 189 Å². The lowest BCUT2D eigenvalue weighted by atomic mass is 9.76. The molecule has 0 saturated carbocycles. The molecule has 106 heavy (non-hydrogen) atoms. The van der Waals surface area contributed by atoms with E-state index in [0.29, 0.717) is 0 Å². The summed E-state index contributed by atoms with van der Waals surface area (Å²) in [6.07, 6.45) is 0. The molecule has 0 aliphatic heterocycles. The summed E-state index contributed by atoms with van der Waals surface area (Å²) in [5.41, 5.74) is 41.8. The van der Waals surface area contributed by atoms with Gasteiger partial charge in [0.15, 0.2) is 0 Å². The Hall–Kier alpha value is -13.8. The summed E-state index contributed by atoms with van der Waals surface area (Å²) in [6.45, 7) is 0. The molecule has 0 unspecified atom stereocenters. The van der Waals surface area contributed by atoms with E-state index in [0.717, 1.165) is 16.7 Å². The van der Waals surface area contributed by atoms with E-state index >= 15 is 0 Å².